The van der Waals surface area contributed by atoms with Crippen LogP contribution in [0.5, 0.6) is 0 Å². The van der Waals surface area contributed by atoms with E-state index in [9.17, 15) is 4.79 Å². The van der Waals surface area contributed by atoms with Gasteiger partial charge in [-0.2, -0.15) is 5.10 Å². The van der Waals surface area contributed by atoms with Crippen LogP contribution in [0.4, 0.5) is 0 Å². The average molecular weight is 211 g/mol. The maximum atomic E-state index is 10.9. The molecule has 14 heavy (non-hydrogen) atoms. The molecule has 72 valence electrons. The van der Waals surface area contributed by atoms with Gasteiger partial charge in [0.1, 0.15) is 5.56 Å². The van der Waals surface area contributed by atoms with Gasteiger partial charge in [0.25, 0.3) is 0 Å². The lowest BCUT2D eigenvalue weighted by molar-refractivity contribution is 0.0698. The number of aryl methyl sites for hydroxylation is 1. The van der Waals surface area contributed by atoms with Crippen LogP contribution in [-0.2, 0) is 0 Å². The summed E-state index contributed by atoms with van der Waals surface area (Å²) in [4.78, 5) is 10.9. The van der Waals surface area contributed by atoms with E-state index in [1.165, 1.54) is 4.52 Å². The summed E-state index contributed by atoms with van der Waals surface area (Å²) in [7, 11) is 0. The van der Waals surface area contributed by atoms with Crippen LogP contribution < -0.4 is 0 Å². The van der Waals surface area contributed by atoms with Gasteiger partial charge in [-0.3, -0.25) is 0 Å². The molecular weight excluding hydrogens is 204 g/mol. The third kappa shape index (κ3) is 1.24. The van der Waals surface area contributed by atoms with Gasteiger partial charge in [0, 0.05) is 11.2 Å². The van der Waals surface area contributed by atoms with Crippen molar-refractivity contribution in [3.05, 3.63) is 34.6 Å². The molecule has 0 saturated carbocycles. The van der Waals surface area contributed by atoms with Crippen LogP contribution in [0.1, 0.15) is 16.1 Å². The second-order valence-corrected chi connectivity index (χ2v) is 3.38. The Kier molecular flexibility index (Phi) is 1.93. The molecule has 0 bridgehead atoms. The third-order valence-electron chi connectivity index (χ3n) is 1.99. The summed E-state index contributed by atoms with van der Waals surface area (Å²) in [6.45, 7) is 1.66. The number of rotatable bonds is 1. The van der Waals surface area contributed by atoms with Gasteiger partial charge < -0.3 is 5.11 Å². The molecule has 0 unspecified atom stereocenters. The molecule has 2 aromatic rings. The number of carboxylic acid groups (broad SMARTS) is 1. The molecule has 5 heteroatoms. The molecule has 2 rings (SSSR count). The zero-order valence-electron chi connectivity index (χ0n) is 7.36. The van der Waals surface area contributed by atoms with E-state index >= 15 is 0 Å². The number of halogens is 1. The lowest BCUT2D eigenvalue weighted by Crippen LogP contribution is -1.97. The van der Waals surface area contributed by atoms with Crippen LogP contribution in [0.15, 0.2) is 18.3 Å². The molecule has 0 amide bonds. The predicted octanol–water partition coefficient (Wildman–Crippen LogP) is 1.99. The fourth-order valence-electron chi connectivity index (χ4n) is 1.40. The molecule has 0 fully saturated rings. The number of pyridine rings is 1. The van der Waals surface area contributed by atoms with Gasteiger partial charge in [0.2, 0.25) is 0 Å². The standard InChI is InChI=1S/C9H7ClN2O2/c1-5-8(9(13)14)7-4-6(10)2-3-12(7)11-5/h2-4H,1H3,(H,13,14). The molecule has 2 aromatic heterocycles. The second kappa shape index (κ2) is 2.99. The molecule has 4 nitrogen and oxygen atoms in total. The zero-order valence-corrected chi connectivity index (χ0v) is 8.12. The summed E-state index contributed by atoms with van der Waals surface area (Å²) in [6.07, 6.45) is 1.64. The molecule has 0 aliphatic carbocycles. The van der Waals surface area contributed by atoms with E-state index in [-0.39, 0.29) is 5.56 Å². The van der Waals surface area contributed by atoms with E-state index in [2.05, 4.69) is 5.10 Å². The molecular formula is C9H7ClN2O2. The Morgan fingerprint density at radius 1 is 1.64 bits per heavy atom. The number of carboxylic acids is 1. The molecule has 0 saturated heterocycles. The van der Waals surface area contributed by atoms with Crippen molar-refractivity contribution >= 4 is 23.1 Å². The van der Waals surface area contributed by atoms with E-state index in [1.54, 1.807) is 25.3 Å². The van der Waals surface area contributed by atoms with Crippen molar-refractivity contribution in [2.24, 2.45) is 0 Å². The third-order valence-corrected chi connectivity index (χ3v) is 2.22. The van der Waals surface area contributed by atoms with Crippen molar-refractivity contribution in [1.82, 2.24) is 9.61 Å². The van der Waals surface area contributed by atoms with Crippen LogP contribution in [-0.4, -0.2) is 20.7 Å². The molecule has 0 spiro atoms. The van der Waals surface area contributed by atoms with E-state index < -0.39 is 5.97 Å². The summed E-state index contributed by atoms with van der Waals surface area (Å²) < 4.78 is 1.50. The number of aromatic carboxylic acids is 1. The second-order valence-electron chi connectivity index (χ2n) is 2.94. The fraction of sp³-hybridized carbons (Fsp3) is 0.111. The van der Waals surface area contributed by atoms with Gasteiger partial charge in [-0.15, -0.1) is 0 Å². The highest BCUT2D eigenvalue weighted by Crippen LogP contribution is 2.18. The maximum absolute atomic E-state index is 10.9. The van der Waals surface area contributed by atoms with Crippen LogP contribution in [0.2, 0.25) is 5.02 Å². The lowest BCUT2D eigenvalue weighted by Gasteiger charge is -1.94. The minimum atomic E-state index is -0.986. The maximum Gasteiger partial charge on any atom is 0.339 e. The Bertz CT molecular complexity index is 519. The molecule has 0 aliphatic rings. The number of hydrogen-bond acceptors (Lipinski definition) is 2. The highest BCUT2D eigenvalue weighted by atomic mass is 35.5. The largest absolute Gasteiger partial charge is 0.478 e. The SMILES string of the molecule is Cc1nn2ccc(Cl)cc2c1C(=O)O. The van der Waals surface area contributed by atoms with Crippen molar-refractivity contribution in [2.45, 2.75) is 6.92 Å². The molecule has 0 radical (unpaired) electrons. The normalized spacial score (nSPS) is 10.7. The van der Waals surface area contributed by atoms with E-state index in [0.29, 0.717) is 16.2 Å². The van der Waals surface area contributed by atoms with E-state index in [1.807, 2.05) is 0 Å². The number of aromatic nitrogens is 2. The van der Waals surface area contributed by atoms with Gasteiger partial charge in [-0.05, 0) is 19.1 Å². The number of fused-ring (bicyclic) bond motifs is 1. The number of hydrogen-bond donors (Lipinski definition) is 1. The van der Waals surface area contributed by atoms with Crippen molar-refractivity contribution in [1.29, 1.82) is 0 Å². The van der Waals surface area contributed by atoms with Crippen molar-refractivity contribution in [3.63, 3.8) is 0 Å². The lowest BCUT2D eigenvalue weighted by atomic mass is 10.2. The van der Waals surface area contributed by atoms with Crippen LogP contribution in [0, 0.1) is 6.92 Å². The first-order valence-corrected chi connectivity index (χ1v) is 4.35. The molecule has 0 aromatic carbocycles. The monoisotopic (exact) mass is 210 g/mol. The molecule has 1 N–H and O–H groups in total. The Morgan fingerprint density at radius 2 is 2.36 bits per heavy atom. The Hall–Kier alpha value is -1.55. The smallest absolute Gasteiger partial charge is 0.339 e. The average Bonchev–Trinajstić information content (AvgIpc) is 2.40. The Balaban J connectivity index is 2.86. The topological polar surface area (TPSA) is 54.6 Å². The summed E-state index contributed by atoms with van der Waals surface area (Å²) in [6, 6.07) is 3.25. The summed E-state index contributed by atoms with van der Waals surface area (Å²) in [5.41, 5.74) is 1.20. The minimum absolute atomic E-state index is 0.201. The summed E-state index contributed by atoms with van der Waals surface area (Å²) in [5.74, 6) is -0.986. The molecule has 0 atom stereocenters. The van der Waals surface area contributed by atoms with E-state index in [4.69, 9.17) is 16.7 Å². The van der Waals surface area contributed by atoms with Crippen molar-refractivity contribution in [2.75, 3.05) is 0 Å². The number of nitrogens with zero attached hydrogens (tertiary/aromatic N) is 2. The van der Waals surface area contributed by atoms with Gasteiger partial charge >= 0.3 is 5.97 Å². The van der Waals surface area contributed by atoms with Crippen molar-refractivity contribution in [3.8, 4) is 0 Å². The van der Waals surface area contributed by atoms with Gasteiger partial charge in [0.15, 0.2) is 0 Å². The highest BCUT2D eigenvalue weighted by molar-refractivity contribution is 6.31. The van der Waals surface area contributed by atoms with E-state index in [0.717, 1.165) is 0 Å². The zero-order chi connectivity index (χ0) is 10.3. The van der Waals surface area contributed by atoms with Gasteiger partial charge in [0.05, 0.1) is 11.2 Å². The molecule has 0 aliphatic heterocycles. The first-order chi connectivity index (χ1) is 6.59. The Labute approximate surface area is 84.7 Å². The predicted molar refractivity (Wildman–Crippen MR) is 51.9 cm³/mol. The summed E-state index contributed by atoms with van der Waals surface area (Å²) in [5, 5.41) is 13.5. The first kappa shape index (κ1) is 9.02. The van der Waals surface area contributed by atoms with Crippen LogP contribution >= 0.6 is 11.6 Å². The summed E-state index contributed by atoms with van der Waals surface area (Å²) >= 11 is 5.77. The first-order valence-electron chi connectivity index (χ1n) is 3.97. The van der Waals surface area contributed by atoms with Crippen LogP contribution in [0.25, 0.3) is 5.52 Å². The fourth-order valence-corrected chi connectivity index (χ4v) is 1.56. The van der Waals surface area contributed by atoms with Crippen LogP contribution in [0.3, 0.4) is 0 Å². The minimum Gasteiger partial charge on any atom is -0.478 e. The number of carbonyl (C=O) groups is 1. The van der Waals surface area contributed by atoms with Crippen molar-refractivity contribution < 1.29 is 9.90 Å². The quantitative estimate of drug-likeness (QED) is 0.783. The molecule has 2 heterocycles. The highest BCUT2D eigenvalue weighted by Gasteiger charge is 2.15. The Morgan fingerprint density at radius 3 is 3.00 bits per heavy atom. The van der Waals surface area contributed by atoms with Gasteiger partial charge in [-0.1, -0.05) is 11.6 Å². The van der Waals surface area contributed by atoms with Gasteiger partial charge in [-0.25, -0.2) is 9.31 Å².